The minimum absolute atomic E-state index is 0.378. The van der Waals surface area contributed by atoms with E-state index >= 15 is 0 Å². The first-order valence-electron chi connectivity index (χ1n) is 9.13. The van der Waals surface area contributed by atoms with Gasteiger partial charge in [0.2, 0.25) is 11.9 Å². The molecule has 0 spiro atoms. The third-order valence-electron chi connectivity index (χ3n) is 5.09. The van der Waals surface area contributed by atoms with Crippen LogP contribution in [0.1, 0.15) is 39.5 Å². The quantitative estimate of drug-likeness (QED) is 0.757. The molecule has 2 unspecified atom stereocenters. The molecule has 6 heteroatoms. The van der Waals surface area contributed by atoms with E-state index in [0.29, 0.717) is 34.8 Å². The van der Waals surface area contributed by atoms with E-state index in [1.54, 1.807) is 0 Å². The summed E-state index contributed by atoms with van der Waals surface area (Å²) >= 11 is 6.14. The Kier molecular flexibility index (Phi) is 4.50. The third-order valence-corrected chi connectivity index (χ3v) is 5.33. The molecule has 0 aliphatic heterocycles. The largest absolute Gasteiger partial charge is 0.351 e. The van der Waals surface area contributed by atoms with Gasteiger partial charge in [-0.05, 0) is 63.5 Å². The van der Waals surface area contributed by atoms with Crippen molar-refractivity contribution in [2.24, 2.45) is 11.8 Å². The molecule has 0 bridgehead atoms. The lowest BCUT2D eigenvalue weighted by Crippen LogP contribution is -2.22. The number of nitrogens with zero attached hydrogens (tertiary/aromatic N) is 3. The van der Waals surface area contributed by atoms with Gasteiger partial charge < -0.3 is 10.6 Å². The number of hydrogen-bond acceptors (Lipinski definition) is 5. The topological polar surface area (TPSA) is 62.7 Å². The Morgan fingerprint density at radius 1 is 0.920 bits per heavy atom. The predicted molar refractivity (Wildman–Crippen MR) is 102 cm³/mol. The van der Waals surface area contributed by atoms with Gasteiger partial charge in [-0.2, -0.15) is 15.0 Å². The molecule has 25 heavy (non-hydrogen) atoms. The van der Waals surface area contributed by atoms with Gasteiger partial charge in [0.25, 0.3) is 0 Å². The molecule has 2 atom stereocenters. The smallest absolute Gasteiger partial charge is 0.228 e. The molecule has 2 aliphatic rings. The van der Waals surface area contributed by atoms with E-state index in [1.807, 2.05) is 24.3 Å². The second-order valence-corrected chi connectivity index (χ2v) is 7.79. The molecule has 132 valence electrons. The van der Waals surface area contributed by atoms with Crippen LogP contribution in [0, 0.1) is 11.8 Å². The maximum absolute atomic E-state index is 6.14. The molecular formula is C19H24ClN5. The van der Waals surface area contributed by atoms with Crippen LogP contribution < -0.4 is 10.6 Å². The van der Waals surface area contributed by atoms with Gasteiger partial charge in [0.15, 0.2) is 5.82 Å². The van der Waals surface area contributed by atoms with Crippen LogP contribution in [-0.2, 0) is 0 Å². The van der Waals surface area contributed by atoms with Gasteiger partial charge in [-0.1, -0.05) is 23.7 Å². The highest BCUT2D eigenvalue weighted by atomic mass is 35.5. The molecule has 0 radical (unpaired) electrons. The highest BCUT2D eigenvalue weighted by Crippen LogP contribution is 2.35. The van der Waals surface area contributed by atoms with Gasteiger partial charge in [-0.15, -0.1) is 0 Å². The standard InChI is InChI=1S/C19H24ClN5/c1-11(13-6-7-13)21-18-23-17(15-4-3-5-16(20)10-15)24-19(25-18)22-12(2)14-8-9-14/h3-5,10-14H,6-9H2,1-2H3,(H2,21,22,23,24,25). The molecule has 1 aromatic carbocycles. The molecule has 5 nitrogen and oxygen atoms in total. The lowest BCUT2D eigenvalue weighted by atomic mass is 10.2. The number of hydrogen-bond donors (Lipinski definition) is 2. The Morgan fingerprint density at radius 2 is 1.48 bits per heavy atom. The van der Waals surface area contributed by atoms with Gasteiger partial charge in [0.1, 0.15) is 0 Å². The fourth-order valence-corrected chi connectivity index (χ4v) is 3.29. The first-order valence-corrected chi connectivity index (χ1v) is 9.51. The molecular weight excluding hydrogens is 334 g/mol. The summed E-state index contributed by atoms with van der Waals surface area (Å²) in [4.78, 5) is 13.9. The number of halogens is 1. The van der Waals surface area contributed by atoms with Crippen molar-refractivity contribution in [3.8, 4) is 11.4 Å². The van der Waals surface area contributed by atoms with Crippen molar-refractivity contribution in [3.05, 3.63) is 29.3 Å². The van der Waals surface area contributed by atoms with E-state index in [4.69, 9.17) is 11.6 Å². The van der Waals surface area contributed by atoms with Crippen LogP contribution in [0.4, 0.5) is 11.9 Å². The fourth-order valence-electron chi connectivity index (χ4n) is 3.10. The van der Waals surface area contributed by atoms with Crippen molar-refractivity contribution in [3.63, 3.8) is 0 Å². The van der Waals surface area contributed by atoms with Crippen LogP contribution in [0.25, 0.3) is 11.4 Å². The van der Waals surface area contributed by atoms with Gasteiger partial charge in [0.05, 0.1) is 0 Å². The van der Waals surface area contributed by atoms with Crippen LogP contribution >= 0.6 is 11.6 Å². The summed E-state index contributed by atoms with van der Waals surface area (Å²) in [6.45, 7) is 4.39. The molecule has 4 rings (SSSR count). The highest BCUT2D eigenvalue weighted by Gasteiger charge is 2.30. The summed E-state index contributed by atoms with van der Waals surface area (Å²) in [5.41, 5.74) is 0.902. The van der Waals surface area contributed by atoms with Crippen molar-refractivity contribution >= 4 is 23.5 Å². The lowest BCUT2D eigenvalue weighted by Gasteiger charge is -2.17. The van der Waals surface area contributed by atoms with Crippen LogP contribution in [-0.4, -0.2) is 27.0 Å². The number of nitrogens with one attached hydrogen (secondary N) is 2. The van der Waals surface area contributed by atoms with Crippen LogP contribution in [0.3, 0.4) is 0 Å². The normalized spacial score (nSPS) is 19.3. The van der Waals surface area contributed by atoms with Gasteiger partial charge in [0, 0.05) is 22.7 Å². The van der Waals surface area contributed by atoms with Crippen LogP contribution in [0.15, 0.2) is 24.3 Å². The average molecular weight is 358 g/mol. The number of rotatable bonds is 7. The van der Waals surface area contributed by atoms with Gasteiger partial charge in [-0.25, -0.2) is 0 Å². The average Bonchev–Trinajstić information content (AvgIpc) is 3.48. The molecule has 2 N–H and O–H groups in total. The minimum atomic E-state index is 0.378. The van der Waals surface area contributed by atoms with E-state index in [2.05, 4.69) is 39.4 Å². The van der Waals surface area contributed by atoms with Crippen molar-refractivity contribution in [2.45, 2.75) is 51.6 Å². The lowest BCUT2D eigenvalue weighted by molar-refractivity contribution is 0.676. The van der Waals surface area contributed by atoms with Crippen LogP contribution in [0.5, 0.6) is 0 Å². The first-order chi connectivity index (χ1) is 12.1. The highest BCUT2D eigenvalue weighted by molar-refractivity contribution is 6.30. The summed E-state index contributed by atoms with van der Waals surface area (Å²) < 4.78 is 0. The molecule has 2 aliphatic carbocycles. The molecule has 2 aromatic rings. The zero-order valence-corrected chi connectivity index (χ0v) is 15.4. The Morgan fingerprint density at radius 3 is 1.96 bits per heavy atom. The number of benzene rings is 1. The fraction of sp³-hybridized carbons (Fsp3) is 0.526. The van der Waals surface area contributed by atoms with E-state index in [0.717, 1.165) is 17.4 Å². The van der Waals surface area contributed by atoms with Gasteiger partial charge >= 0.3 is 0 Å². The van der Waals surface area contributed by atoms with Crippen molar-refractivity contribution in [2.75, 3.05) is 10.6 Å². The summed E-state index contributed by atoms with van der Waals surface area (Å²) in [7, 11) is 0. The molecule has 1 heterocycles. The van der Waals surface area contributed by atoms with Crippen molar-refractivity contribution in [1.29, 1.82) is 0 Å². The Balaban J connectivity index is 1.63. The van der Waals surface area contributed by atoms with Crippen molar-refractivity contribution in [1.82, 2.24) is 15.0 Å². The SMILES string of the molecule is CC(Nc1nc(NC(C)C2CC2)nc(-c2cccc(Cl)c2)n1)C1CC1. The first kappa shape index (κ1) is 16.6. The van der Waals surface area contributed by atoms with Crippen LogP contribution in [0.2, 0.25) is 5.02 Å². The summed E-state index contributed by atoms with van der Waals surface area (Å²) in [6.07, 6.45) is 5.13. The number of aromatic nitrogens is 3. The molecule has 0 amide bonds. The maximum atomic E-state index is 6.14. The Hall–Kier alpha value is -1.88. The summed E-state index contributed by atoms with van der Waals surface area (Å²) in [6, 6.07) is 8.39. The van der Waals surface area contributed by atoms with Gasteiger partial charge in [-0.3, -0.25) is 0 Å². The second-order valence-electron chi connectivity index (χ2n) is 7.36. The van der Waals surface area contributed by atoms with E-state index in [9.17, 15) is 0 Å². The summed E-state index contributed by atoms with van der Waals surface area (Å²) in [5.74, 6) is 3.37. The van der Waals surface area contributed by atoms with Crippen molar-refractivity contribution < 1.29 is 0 Å². The summed E-state index contributed by atoms with van der Waals surface area (Å²) in [5, 5.41) is 7.58. The maximum Gasteiger partial charge on any atom is 0.228 e. The Bertz CT molecular complexity index is 719. The molecule has 2 saturated carbocycles. The zero-order valence-electron chi connectivity index (χ0n) is 14.7. The molecule has 0 saturated heterocycles. The molecule has 2 fully saturated rings. The van der Waals surface area contributed by atoms with E-state index in [1.165, 1.54) is 25.7 Å². The minimum Gasteiger partial charge on any atom is -0.351 e. The molecule has 1 aromatic heterocycles. The second kappa shape index (κ2) is 6.79. The zero-order chi connectivity index (χ0) is 17.4. The predicted octanol–water partition coefficient (Wildman–Crippen LogP) is 4.61. The number of anilines is 2. The monoisotopic (exact) mass is 357 g/mol. The Labute approximate surface area is 153 Å². The van der Waals surface area contributed by atoms with E-state index < -0.39 is 0 Å². The third kappa shape index (κ3) is 4.21. The van der Waals surface area contributed by atoms with E-state index in [-0.39, 0.29) is 0 Å².